The topological polar surface area (TPSA) is 78.4 Å². The number of terminal acetylenes is 1. The van der Waals surface area contributed by atoms with Gasteiger partial charge in [0.1, 0.15) is 6.04 Å². The molecular weight excluding hydrogens is 256 g/mol. The summed E-state index contributed by atoms with van der Waals surface area (Å²) < 4.78 is 0. The summed E-state index contributed by atoms with van der Waals surface area (Å²) in [6, 6.07) is 8.41. The largest absolute Gasteiger partial charge is 0.480 e. The van der Waals surface area contributed by atoms with Gasteiger partial charge in [-0.05, 0) is 12.0 Å². The molecule has 20 heavy (non-hydrogen) atoms. The molecule has 1 aliphatic rings. The molecule has 0 radical (unpaired) electrons. The minimum atomic E-state index is -1.13. The van der Waals surface area contributed by atoms with Crippen LogP contribution in [-0.2, 0) is 4.79 Å². The number of carbonyl (C=O) groups excluding carboxylic acids is 1. The maximum absolute atomic E-state index is 11.7. The molecule has 1 aromatic rings. The van der Waals surface area contributed by atoms with Crippen LogP contribution in [0.4, 0.5) is 4.79 Å². The number of carboxylic acids is 1. The van der Waals surface area contributed by atoms with E-state index in [9.17, 15) is 9.59 Å². The maximum atomic E-state index is 11.7. The Morgan fingerprint density at radius 2 is 2.10 bits per heavy atom. The predicted octanol–water partition coefficient (Wildman–Crippen LogP) is 1.32. The second-order valence-electron chi connectivity index (χ2n) is 4.78. The lowest BCUT2D eigenvalue weighted by atomic mass is 10.1. The molecule has 1 aliphatic carbocycles. The van der Waals surface area contributed by atoms with Gasteiger partial charge in [-0.3, -0.25) is 0 Å². The van der Waals surface area contributed by atoms with Gasteiger partial charge in [0.15, 0.2) is 0 Å². The highest BCUT2D eigenvalue weighted by Gasteiger charge is 2.39. The van der Waals surface area contributed by atoms with Gasteiger partial charge in [-0.1, -0.05) is 30.3 Å². The van der Waals surface area contributed by atoms with Gasteiger partial charge < -0.3 is 15.7 Å². The molecule has 3 N–H and O–H groups in total. The fourth-order valence-electron chi connectivity index (χ4n) is 2.11. The van der Waals surface area contributed by atoms with Crippen molar-refractivity contribution in [3.63, 3.8) is 0 Å². The summed E-state index contributed by atoms with van der Waals surface area (Å²) in [7, 11) is 0. The van der Waals surface area contributed by atoms with Crippen LogP contribution < -0.4 is 10.6 Å². The van der Waals surface area contributed by atoms with Crippen LogP contribution in [0.5, 0.6) is 0 Å². The number of hydrogen-bond donors (Lipinski definition) is 3. The monoisotopic (exact) mass is 272 g/mol. The highest BCUT2D eigenvalue weighted by molar-refractivity contribution is 5.83. The summed E-state index contributed by atoms with van der Waals surface area (Å²) in [5.74, 6) is 1.41. The van der Waals surface area contributed by atoms with Crippen molar-refractivity contribution in [2.24, 2.45) is 0 Å². The zero-order valence-corrected chi connectivity index (χ0v) is 10.9. The molecule has 0 aliphatic heterocycles. The van der Waals surface area contributed by atoms with Crippen molar-refractivity contribution in [1.29, 1.82) is 0 Å². The molecule has 1 aromatic carbocycles. The molecule has 0 spiro atoms. The Morgan fingerprint density at radius 3 is 2.70 bits per heavy atom. The number of nitrogens with one attached hydrogen (secondary N) is 2. The first-order valence-corrected chi connectivity index (χ1v) is 6.40. The Bertz CT molecular complexity index is 536. The van der Waals surface area contributed by atoms with E-state index in [1.165, 1.54) is 5.56 Å². The minimum Gasteiger partial charge on any atom is -0.480 e. The molecule has 3 unspecified atom stereocenters. The second kappa shape index (κ2) is 6.11. The van der Waals surface area contributed by atoms with Gasteiger partial charge in [-0.15, -0.1) is 12.3 Å². The molecule has 3 atom stereocenters. The maximum Gasteiger partial charge on any atom is 0.327 e. The van der Waals surface area contributed by atoms with E-state index in [-0.39, 0.29) is 12.5 Å². The Labute approximate surface area is 117 Å². The highest BCUT2D eigenvalue weighted by atomic mass is 16.4. The number of benzene rings is 1. The first-order valence-electron chi connectivity index (χ1n) is 6.40. The molecule has 0 heterocycles. The number of urea groups is 1. The summed E-state index contributed by atoms with van der Waals surface area (Å²) in [6.45, 7) is 0. The predicted molar refractivity (Wildman–Crippen MR) is 74.1 cm³/mol. The van der Waals surface area contributed by atoms with Crippen molar-refractivity contribution < 1.29 is 14.7 Å². The number of rotatable bonds is 5. The third-order valence-electron chi connectivity index (χ3n) is 3.26. The van der Waals surface area contributed by atoms with Crippen molar-refractivity contribution >= 4 is 12.0 Å². The SMILES string of the molecule is C#CCC(NC(=O)NC1CC1c1ccccc1)C(=O)O. The third kappa shape index (κ3) is 3.51. The molecule has 5 heteroatoms. The first kappa shape index (κ1) is 13.9. The highest BCUT2D eigenvalue weighted by Crippen LogP contribution is 2.40. The second-order valence-corrected chi connectivity index (χ2v) is 4.78. The van der Waals surface area contributed by atoms with Crippen LogP contribution >= 0.6 is 0 Å². The molecule has 1 saturated carbocycles. The van der Waals surface area contributed by atoms with Crippen LogP contribution in [0.15, 0.2) is 30.3 Å². The zero-order valence-electron chi connectivity index (χ0n) is 10.9. The Hall–Kier alpha value is -2.48. The zero-order chi connectivity index (χ0) is 14.5. The Morgan fingerprint density at radius 1 is 1.40 bits per heavy atom. The molecular formula is C15H16N2O3. The molecule has 1 fully saturated rings. The summed E-state index contributed by atoms with van der Waals surface area (Å²) >= 11 is 0. The number of carboxylic acid groups (broad SMARTS) is 1. The summed E-state index contributed by atoms with van der Waals surface area (Å²) in [5.41, 5.74) is 1.18. The molecule has 0 saturated heterocycles. The Balaban J connectivity index is 1.82. The molecule has 0 aromatic heterocycles. The quantitative estimate of drug-likeness (QED) is 0.707. The van der Waals surface area contributed by atoms with E-state index in [0.29, 0.717) is 5.92 Å². The van der Waals surface area contributed by atoms with E-state index in [4.69, 9.17) is 11.5 Å². The number of carbonyl (C=O) groups is 2. The van der Waals surface area contributed by atoms with Crippen molar-refractivity contribution in [3.05, 3.63) is 35.9 Å². The van der Waals surface area contributed by atoms with Crippen LogP contribution in [0.25, 0.3) is 0 Å². The van der Waals surface area contributed by atoms with Crippen LogP contribution in [0.2, 0.25) is 0 Å². The normalized spacial score (nSPS) is 21.4. The summed E-state index contributed by atoms with van der Waals surface area (Å²) in [6.07, 6.45) is 5.90. The van der Waals surface area contributed by atoms with E-state index in [2.05, 4.69) is 16.6 Å². The van der Waals surface area contributed by atoms with Crippen LogP contribution in [0.1, 0.15) is 24.3 Å². The van der Waals surface area contributed by atoms with Gasteiger partial charge in [0.05, 0.1) is 0 Å². The minimum absolute atomic E-state index is 0.0322. The molecule has 2 amide bonds. The van der Waals surface area contributed by atoms with Gasteiger partial charge in [0, 0.05) is 18.4 Å². The van der Waals surface area contributed by atoms with E-state index in [0.717, 1.165) is 6.42 Å². The summed E-state index contributed by atoms with van der Waals surface area (Å²) in [4.78, 5) is 22.6. The van der Waals surface area contributed by atoms with Crippen molar-refractivity contribution in [3.8, 4) is 12.3 Å². The van der Waals surface area contributed by atoms with E-state index in [1.807, 2.05) is 30.3 Å². The van der Waals surface area contributed by atoms with Crippen molar-refractivity contribution in [1.82, 2.24) is 10.6 Å². The van der Waals surface area contributed by atoms with E-state index < -0.39 is 18.0 Å². The molecule has 5 nitrogen and oxygen atoms in total. The lowest BCUT2D eigenvalue weighted by Gasteiger charge is -2.12. The van der Waals surface area contributed by atoms with Crippen molar-refractivity contribution in [2.45, 2.75) is 30.8 Å². The van der Waals surface area contributed by atoms with E-state index >= 15 is 0 Å². The number of amides is 2. The van der Waals surface area contributed by atoms with Crippen LogP contribution in [0, 0.1) is 12.3 Å². The first-order chi connectivity index (χ1) is 9.61. The van der Waals surface area contributed by atoms with Gasteiger partial charge in [0.25, 0.3) is 0 Å². The molecule has 0 bridgehead atoms. The third-order valence-corrected chi connectivity index (χ3v) is 3.26. The van der Waals surface area contributed by atoms with Crippen LogP contribution in [0.3, 0.4) is 0 Å². The molecule has 2 rings (SSSR count). The number of aliphatic carboxylic acids is 1. The van der Waals surface area contributed by atoms with Crippen molar-refractivity contribution in [2.75, 3.05) is 0 Å². The average molecular weight is 272 g/mol. The standard InChI is InChI=1S/C15H16N2O3/c1-2-6-12(14(18)19)16-15(20)17-13-9-11(13)10-7-4-3-5-8-10/h1,3-5,7-8,11-13H,6,9H2,(H,18,19)(H2,16,17,20). The lowest BCUT2D eigenvalue weighted by molar-refractivity contribution is -0.139. The van der Waals surface area contributed by atoms with Gasteiger partial charge in [-0.2, -0.15) is 0 Å². The lowest BCUT2D eigenvalue weighted by Crippen LogP contribution is -2.46. The Kier molecular flexibility index (Phi) is 4.26. The van der Waals surface area contributed by atoms with Crippen LogP contribution in [-0.4, -0.2) is 29.2 Å². The van der Waals surface area contributed by atoms with Gasteiger partial charge in [-0.25, -0.2) is 9.59 Å². The van der Waals surface area contributed by atoms with Gasteiger partial charge >= 0.3 is 12.0 Å². The fourth-order valence-corrected chi connectivity index (χ4v) is 2.11. The van der Waals surface area contributed by atoms with E-state index in [1.54, 1.807) is 0 Å². The van der Waals surface area contributed by atoms with Gasteiger partial charge in [0.2, 0.25) is 0 Å². The average Bonchev–Trinajstić information content (AvgIpc) is 3.18. The summed E-state index contributed by atoms with van der Waals surface area (Å²) in [5, 5.41) is 14.0. The molecule has 104 valence electrons. The smallest absolute Gasteiger partial charge is 0.327 e. The fraction of sp³-hybridized carbons (Fsp3) is 0.333. The number of hydrogen-bond acceptors (Lipinski definition) is 2.